The van der Waals surface area contributed by atoms with Gasteiger partial charge in [0, 0.05) is 38.4 Å². The van der Waals surface area contributed by atoms with Gasteiger partial charge >= 0.3 is 0 Å². The van der Waals surface area contributed by atoms with Gasteiger partial charge in [-0.3, -0.25) is 4.90 Å². The van der Waals surface area contributed by atoms with E-state index in [-0.39, 0.29) is 10.8 Å². The SMILES string of the molecule is Cc1ccccc1N1CCN(Cc2cc(C(C)(C)C)c(O)c(C(C)(C)C)c2)CC1. The highest BCUT2D eigenvalue weighted by atomic mass is 16.3. The van der Waals surface area contributed by atoms with E-state index in [4.69, 9.17) is 0 Å². The van der Waals surface area contributed by atoms with E-state index >= 15 is 0 Å². The molecule has 0 amide bonds. The van der Waals surface area contributed by atoms with Crippen molar-refractivity contribution in [3.05, 3.63) is 58.7 Å². The van der Waals surface area contributed by atoms with E-state index in [9.17, 15) is 5.11 Å². The lowest BCUT2D eigenvalue weighted by molar-refractivity contribution is 0.249. The minimum Gasteiger partial charge on any atom is -0.507 e. The van der Waals surface area contributed by atoms with Crippen LogP contribution < -0.4 is 4.90 Å². The Morgan fingerprint density at radius 3 is 1.83 bits per heavy atom. The Hall–Kier alpha value is -2.00. The Kier molecular flexibility index (Phi) is 6.01. The zero-order valence-corrected chi connectivity index (χ0v) is 19.3. The zero-order chi connectivity index (χ0) is 21.4. The van der Waals surface area contributed by atoms with Crippen LogP contribution in [0.4, 0.5) is 5.69 Å². The first-order chi connectivity index (χ1) is 13.5. The number of phenols is 1. The van der Waals surface area contributed by atoms with Crippen molar-refractivity contribution in [2.45, 2.75) is 65.8 Å². The number of hydrogen-bond acceptors (Lipinski definition) is 3. The predicted octanol–water partition coefficient (Wildman–Crippen LogP) is 5.62. The lowest BCUT2D eigenvalue weighted by Gasteiger charge is -2.37. The predicted molar refractivity (Wildman–Crippen MR) is 124 cm³/mol. The molecule has 1 aliphatic heterocycles. The topological polar surface area (TPSA) is 26.7 Å². The number of piperazine rings is 1. The van der Waals surface area contributed by atoms with E-state index < -0.39 is 0 Å². The molecule has 158 valence electrons. The number of rotatable bonds is 3. The van der Waals surface area contributed by atoms with Crippen LogP contribution in [0.2, 0.25) is 0 Å². The molecule has 3 nitrogen and oxygen atoms in total. The van der Waals surface area contributed by atoms with E-state index in [1.807, 2.05) is 0 Å². The number of para-hydroxylation sites is 1. The van der Waals surface area contributed by atoms with E-state index in [1.165, 1.54) is 16.8 Å². The van der Waals surface area contributed by atoms with Crippen LogP contribution in [0.5, 0.6) is 5.75 Å². The van der Waals surface area contributed by atoms with Crippen molar-refractivity contribution >= 4 is 5.69 Å². The van der Waals surface area contributed by atoms with Crippen molar-refractivity contribution in [3.63, 3.8) is 0 Å². The molecule has 0 saturated carbocycles. The summed E-state index contributed by atoms with van der Waals surface area (Å²) in [4.78, 5) is 5.05. The summed E-state index contributed by atoms with van der Waals surface area (Å²) in [6, 6.07) is 13.1. The van der Waals surface area contributed by atoms with E-state index in [0.29, 0.717) is 5.75 Å². The summed E-state index contributed by atoms with van der Waals surface area (Å²) in [5.74, 6) is 0.470. The number of nitrogens with zero attached hydrogens (tertiary/aromatic N) is 2. The first kappa shape index (κ1) is 21.7. The average molecular weight is 395 g/mol. The lowest BCUT2D eigenvalue weighted by Crippen LogP contribution is -2.46. The molecule has 0 atom stereocenters. The minimum atomic E-state index is -0.0797. The summed E-state index contributed by atoms with van der Waals surface area (Å²) in [5, 5.41) is 11.0. The number of phenolic OH excluding ortho intramolecular Hbond substituents is 1. The van der Waals surface area contributed by atoms with Gasteiger partial charge in [0.2, 0.25) is 0 Å². The van der Waals surface area contributed by atoms with Gasteiger partial charge in [-0.1, -0.05) is 71.9 Å². The second-order valence-electron chi connectivity index (χ2n) is 10.6. The van der Waals surface area contributed by atoms with Gasteiger partial charge in [0.25, 0.3) is 0 Å². The van der Waals surface area contributed by atoms with Gasteiger partial charge in [-0.15, -0.1) is 0 Å². The first-order valence-electron chi connectivity index (χ1n) is 10.9. The van der Waals surface area contributed by atoms with Crippen LogP contribution in [0.15, 0.2) is 36.4 Å². The van der Waals surface area contributed by atoms with E-state index in [2.05, 4.69) is 94.7 Å². The maximum absolute atomic E-state index is 11.0. The van der Waals surface area contributed by atoms with Crippen LogP contribution in [0, 0.1) is 6.92 Å². The molecule has 1 saturated heterocycles. The minimum absolute atomic E-state index is 0.0797. The Labute approximate surface area is 177 Å². The third kappa shape index (κ3) is 4.95. The average Bonchev–Trinajstić information content (AvgIpc) is 2.62. The molecule has 1 fully saturated rings. The van der Waals surface area contributed by atoms with Crippen LogP contribution in [-0.4, -0.2) is 36.2 Å². The molecule has 0 aromatic heterocycles. The van der Waals surface area contributed by atoms with Crippen LogP contribution in [-0.2, 0) is 17.4 Å². The van der Waals surface area contributed by atoms with Crippen LogP contribution >= 0.6 is 0 Å². The number of anilines is 1. The Morgan fingerprint density at radius 1 is 0.828 bits per heavy atom. The van der Waals surface area contributed by atoms with Crippen molar-refractivity contribution < 1.29 is 5.11 Å². The number of aromatic hydroxyl groups is 1. The van der Waals surface area contributed by atoms with Gasteiger partial charge in [0.15, 0.2) is 0 Å². The van der Waals surface area contributed by atoms with Crippen LogP contribution in [0.1, 0.15) is 63.8 Å². The van der Waals surface area contributed by atoms with Crippen LogP contribution in [0.3, 0.4) is 0 Å². The van der Waals surface area contributed by atoms with Crippen molar-refractivity contribution in [1.82, 2.24) is 4.90 Å². The Bertz CT molecular complexity index is 815. The van der Waals surface area contributed by atoms with Gasteiger partial charge in [0.05, 0.1) is 0 Å². The summed E-state index contributed by atoms with van der Waals surface area (Å²) in [6.45, 7) is 20.4. The van der Waals surface area contributed by atoms with Crippen molar-refractivity contribution in [3.8, 4) is 5.75 Å². The summed E-state index contributed by atoms with van der Waals surface area (Å²) < 4.78 is 0. The number of benzene rings is 2. The van der Waals surface area contributed by atoms with Gasteiger partial charge in [-0.05, 0) is 46.1 Å². The maximum atomic E-state index is 11.0. The Morgan fingerprint density at radius 2 is 1.34 bits per heavy atom. The highest BCUT2D eigenvalue weighted by Gasteiger charge is 2.27. The third-order valence-electron chi connectivity index (χ3n) is 6.02. The summed E-state index contributed by atoms with van der Waals surface area (Å²) in [7, 11) is 0. The highest BCUT2D eigenvalue weighted by molar-refractivity contribution is 5.53. The van der Waals surface area contributed by atoms with Gasteiger partial charge in [-0.25, -0.2) is 0 Å². The second-order valence-corrected chi connectivity index (χ2v) is 10.6. The summed E-state index contributed by atoms with van der Waals surface area (Å²) in [5.41, 5.74) is 5.97. The fraction of sp³-hybridized carbons (Fsp3) is 0.538. The van der Waals surface area contributed by atoms with E-state index in [0.717, 1.165) is 43.9 Å². The maximum Gasteiger partial charge on any atom is 0.123 e. The monoisotopic (exact) mass is 394 g/mol. The molecule has 3 rings (SSSR count). The third-order valence-corrected chi connectivity index (χ3v) is 6.02. The van der Waals surface area contributed by atoms with Gasteiger partial charge < -0.3 is 10.0 Å². The zero-order valence-electron chi connectivity index (χ0n) is 19.3. The molecule has 0 spiro atoms. The first-order valence-corrected chi connectivity index (χ1v) is 10.9. The van der Waals surface area contributed by atoms with E-state index in [1.54, 1.807) is 0 Å². The van der Waals surface area contributed by atoms with Gasteiger partial charge in [0.1, 0.15) is 5.75 Å². The van der Waals surface area contributed by atoms with Crippen molar-refractivity contribution in [2.75, 3.05) is 31.1 Å². The van der Waals surface area contributed by atoms with Crippen LogP contribution in [0.25, 0.3) is 0 Å². The number of hydrogen-bond donors (Lipinski definition) is 1. The Balaban J connectivity index is 1.78. The molecule has 3 heteroatoms. The van der Waals surface area contributed by atoms with Gasteiger partial charge in [-0.2, -0.15) is 0 Å². The number of aryl methyl sites for hydroxylation is 1. The van der Waals surface area contributed by atoms with Crippen molar-refractivity contribution in [1.29, 1.82) is 0 Å². The summed E-state index contributed by atoms with van der Waals surface area (Å²) >= 11 is 0. The molecule has 0 aliphatic carbocycles. The highest BCUT2D eigenvalue weighted by Crippen LogP contribution is 2.40. The molecule has 1 heterocycles. The van der Waals surface area contributed by atoms with Crippen molar-refractivity contribution in [2.24, 2.45) is 0 Å². The molecule has 29 heavy (non-hydrogen) atoms. The molecule has 1 N–H and O–H groups in total. The summed E-state index contributed by atoms with van der Waals surface area (Å²) in [6.07, 6.45) is 0. The quantitative estimate of drug-likeness (QED) is 0.732. The smallest absolute Gasteiger partial charge is 0.123 e. The molecule has 0 bridgehead atoms. The lowest BCUT2D eigenvalue weighted by atomic mass is 9.78. The fourth-order valence-electron chi connectivity index (χ4n) is 4.25. The fourth-order valence-corrected chi connectivity index (χ4v) is 4.25. The molecule has 2 aromatic rings. The molecule has 0 radical (unpaired) electrons. The molecular formula is C26H38N2O. The molecule has 0 unspecified atom stereocenters. The largest absolute Gasteiger partial charge is 0.507 e. The molecule has 1 aliphatic rings. The molecular weight excluding hydrogens is 356 g/mol. The second kappa shape index (κ2) is 8.02. The normalized spacial score (nSPS) is 16.3. The molecule has 2 aromatic carbocycles. The standard InChI is InChI=1S/C26H38N2O/c1-19-10-8-9-11-23(19)28-14-12-27(13-15-28)18-20-16-21(25(2,3)4)24(29)22(17-20)26(5,6)7/h8-11,16-17,29H,12-15,18H2,1-7H3.